The van der Waals surface area contributed by atoms with E-state index in [2.05, 4.69) is 17.1 Å². The molecule has 2 amide bonds. The lowest BCUT2D eigenvalue weighted by Gasteiger charge is -2.24. The molecule has 15 heavy (non-hydrogen) atoms. The highest BCUT2D eigenvalue weighted by molar-refractivity contribution is 6.05. The van der Waals surface area contributed by atoms with Crippen molar-refractivity contribution in [3.05, 3.63) is 0 Å². The maximum Gasteiger partial charge on any atom is 0.231 e. The number of amides is 2. The molecule has 2 saturated heterocycles. The summed E-state index contributed by atoms with van der Waals surface area (Å²) in [6, 6.07) is 0.552. The molecule has 1 N–H and O–H groups in total. The van der Waals surface area contributed by atoms with Crippen LogP contribution in [-0.2, 0) is 9.59 Å². The number of likely N-dealkylation sites (tertiary alicyclic amines) is 1. The molecule has 4 heteroatoms. The van der Waals surface area contributed by atoms with E-state index in [-0.39, 0.29) is 23.7 Å². The maximum atomic E-state index is 11.5. The quantitative estimate of drug-likeness (QED) is 0.649. The lowest BCUT2D eigenvalue weighted by atomic mass is 10.00. The molecule has 0 aromatic rings. The second-order valence-electron chi connectivity index (χ2n) is 5.10. The summed E-state index contributed by atoms with van der Waals surface area (Å²) in [4.78, 5) is 25.2. The van der Waals surface area contributed by atoms with E-state index in [1.165, 1.54) is 12.8 Å². The minimum atomic E-state index is -0.0706. The molecule has 1 unspecified atom stereocenters. The summed E-state index contributed by atoms with van der Waals surface area (Å²) in [6.45, 7) is 3.78. The Bertz CT molecular complexity index is 303. The van der Waals surface area contributed by atoms with Crippen LogP contribution < -0.4 is 5.32 Å². The van der Waals surface area contributed by atoms with Gasteiger partial charge in [0.05, 0.1) is 11.8 Å². The third kappa shape index (κ3) is 1.39. The molecule has 2 heterocycles. The monoisotopic (exact) mass is 208 g/mol. The smallest absolute Gasteiger partial charge is 0.231 e. The molecule has 1 saturated carbocycles. The van der Waals surface area contributed by atoms with Gasteiger partial charge in [0, 0.05) is 19.1 Å². The summed E-state index contributed by atoms with van der Waals surface area (Å²) >= 11 is 0. The SMILES string of the molecule is CC(C1CC1)N1C[C@@H]2C(=O)NC(=O)[C@@H]2C1. The molecule has 1 aliphatic carbocycles. The molecule has 0 bridgehead atoms. The van der Waals surface area contributed by atoms with Gasteiger partial charge < -0.3 is 0 Å². The zero-order valence-electron chi connectivity index (χ0n) is 8.90. The number of fused-ring (bicyclic) bond motifs is 1. The lowest BCUT2D eigenvalue weighted by Crippen LogP contribution is -2.37. The lowest BCUT2D eigenvalue weighted by molar-refractivity contribution is -0.126. The largest absolute Gasteiger partial charge is 0.299 e. The number of hydrogen-bond donors (Lipinski definition) is 1. The molecule has 0 spiro atoms. The Hall–Kier alpha value is -0.900. The summed E-state index contributed by atoms with van der Waals surface area (Å²) in [5.41, 5.74) is 0. The fraction of sp³-hybridized carbons (Fsp3) is 0.818. The fourth-order valence-corrected chi connectivity index (χ4v) is 2.88. The van der Waals surface area contributed by atoms with Gasteiger partial charge in [-0.15, -0.1) is 0 Å². The molecule has 3 rings (SSSR count). The topological polar surface area (TPSA) is 49.4 Å². The maximum absolute atomic E-state index is 11.5. The molecular formula is C11H16N2O2. The molecule has 0 radical (unpaired) electrons. The predicted molar refractivity (Wildman–Crippen MR) is 53.9 cm³/mol. The van der Waals surface area contributed by atoms with Gasteiger partial charge in [-0.1, -0.05) is 0 Å². The number of imide groups is 1. The van der Waals surface area contributed by atoms with Gasteiger partial charge in [-0.25, -0.2) is 0 Å². The van der Waals surface area contributed by atoms with Crippen molar-refractivity contribution in [2.45, 2.75) is 25.8 Å². The van der Waals surface area contributed by atoms with E-state index in [1.54, 1.807) is 0 Å². The zero-order chi connectivity index (χ0) is 10.6. The van der Waals surface area contributed by atoms with E-state index in [9.17, 15) is 9.59 Å². The van der Waals surface area contributed by atoms with E-state index in [4.69, 9.17) is 0 Å². The van der Waals surface area contributed by atoms with Gasteiger partial charge in [0.2, 0.25) is 11.8 Å². The Morgan fingerprint density at radius 2 is 1.73 bits per heavy atom. The minimum absolute atomic E-state index is 0.0597. The van der Waals surface area contributed by atoms with Crippen molar-refractivity contribution in [1.82, 2.24) is 10.2 Å². The fourth-order valence-electron chi connectivity index (χ4n) is 2.88. The molecule has 3 fully saturated rings. The van der Waals surface area contributed by atoms with Crippen molar-refractivity contribution in [3.8, 4) is 0 Å². The number of carbonyl (C=O) groups excluding carboxylic acids is 2. The Balaban J connectivity index is 1.72. The van der Waals surface area contributed by atoms with Crippen LogP contribution in [0.3, 0.4) is 0 Å². The summed E-state index contributed by atoms with van der Waals surface area (Å²) in [6.07, 6.45) is 2.63. The van der Waals surface area contributed by atoms with Gasteiger partial charge in [0.15, 0.2) is 0 Å². The minimum Gasteiger partial charge on any atom is -0.299 e. The van der Waals surface area contributed by atoms with Crippen LogP contribution in [0.15, 0.2) is 0 Å². The van der Waals surface area contributed by atoms with E-state index < -0.39 is 0 Å². The van der Waals surface area contributed by atoms with Gasteiger partial charge >= 0.3 is 0 Å². The van der Waals surface area contributed by atoms with Crippen molar-refractivity contribution >= 4 is 11.8 Å². The standard InChI is InChI=1S/C11H16N2O2/c1-6(7-2-3-7)13-4-8-9(5-13)11(15)12-10(8)14/h6-9H,2-5H2,1H3,(H,12,14,15)/t6?,8-,9+. The molecule has 3 aliphatic rings. The first-order valence-electron chi connectivity index (χ1n) is 5.75. The Morgan fingerprint density at radius 3 is 2.20 bits per heavy atom. The van der Waals surface area contributed by atoms with Crippen molar-refractivity contribution < 1.29 is 9.59 Å². The van der Waals surface area contributed by atoms with Gasteiger partial charge in [-0.3, -0.25) is 19.8 Å². The molecule has 3 atom stereocenters. The summed E-state index contributed by atoms with van der Waals surface area (Å²) in [5.74, 6) is 0.547. The molecular weight excluding hydrogens is 192 g/mol. The third-order valence-electron chi connectivity index (χ3n) is 4.15. The highest BCUT2D eigenvalue weighted by Gasteiger charge is 2.49. The molecule has 2 aliphatic heterocycles. The Kier molecular flexibility index (Phi) is 1.89. The number of hydrogen-bond acceptors (Lipinski definition) is 3. The van der Waals surface area contributed by atoms with Crippen LogP contribution in [0.4, 0.5) is 0 Å². The molecule has 4 nitrogen and oxygen atoms in total. The van der Waals surface area contributed by atoms with Crippen LogP contribution in [0.2, 0.25) is 0 Å². The van der Waals surface area contributed by atoms with Crippen molar-refractivity contribution in [3.63, 3.8) is 0 Å². The average molecular weight is 208 g/mol. The number of rotatable bonds is 2. The van der Waals surface area contributed by atoms with Gasteiger partial charge in [-0.2, -0.15) is 0 Å². The first kappa shape index (κ1) is 9.33. The van der Waals surface area contributed by atoms with Crippen LogP contribution in [0.1, 0.15) is 19.8 Å². The van der Waals surface area contributed by atoms with Crippen molar-refractivity contribution in [2.24, 2.45) is 17.8 Å². The second kappa shape index (κ2) is 3.04. The summed E-state index contributed by atoms with van der Waals surface area (Å²) < 4.78 is 0. The number of nitrogens with one attached hydrogen (secondary N) is 1. The summed E-state index contributed by atoms with van der Waals surface area (Å²) in [7, 11) is 0. The highest BCUT2D eigenvalue weighted by Crippen LogP contribution is 2.39. The number of nitrogens with zero attached hydrogens (tertiary/aromatic N) is 1. The zero-order valence-corrected chi connectivity index (χ0v) is 8.90. The third-order valence-corrected chi connectivity index (χ3v) is 4.15. The van der Waals surface area contributed by atoms with Crippen LogP contribution in [0.5, 0.6) is 0 Å². The van der Waals surface area contributed by atoms with Crippen molar-refractivity contribution in [1.29, 1.82) is 0 Å². The Labute approximate surface area is 89.0 Å². The van der Waals surface area contributed by atoms with Gasteiger partial charge in [-0.05, 0) is 25.7 Å². The van der Waals surface area contributed by atoms with Gasteiger partial charge in [0.1, 0.15) is 0 Å². The summed E-state index contributed by atoms with van der Waals surface area (Å²) in [5, 5.41) is 2.42. The van der Waals surface area contributed by atoms with Crippen LogP contribution in [0, 0.1) is 17.8 Å². The van der Waals surface area contributed by atoms with E-state index in [0.717, 1.165) is 19.0 Å². The van der Waals surface area contributed by atoms with Crippen LogP contribution in [0.25, 0.3) is 0 Å². The second-order valence-corrected chi connectivity index (χ2v) is 5.10. The van der Waals surface area contributed by atoms with E-state index in [0.29, 0.717) is 6.04 Å². The van der Waals surface area contributed by atoms with E-state index >= 15 is 0 Å². The van der Waals surface area contributed by atoms with Gasteiger partial charge in [0.25, 0.3) is 0 Å². The Morgan fingerprint density at radius 1 is 1.20 bits per heavy atom. The van der Waals surface area contributed by atoms with Crippen LogP contribution in [-0.4, -0.2) is 35.8 Å². The van der Waals surface area contributed by atoms with E-state index in [1.807, 2.05) is 0 Å². The normalized spacial score (nSPS) is 37.9. The predicted octanol–water partition coefficient (Wildman–Crippen LogP) is -0.0107. The molecule has 0 aromatic heterocycles. The number of carbonyl (C=O) groups is 2. The van der Waals surface area contributed by atoms with Crippen LogP contribution >= 0.6 is 0 Å². The molecule has 0 aromatic carbocycles. The first-order valence-corrected chi connectivity index (χ1v) is 5.75. The molecule has 82 valence electrons. The highest BCUT2D eigenvalue weighted by atomic mass is 16.2. The average Bonchev–Trinajstić information content (AvgIpc) is 2.88. The first-order chi connectivity index (χ1) is 7.16. The van der Waals surface area contributed by atoms with Crippen molar-refractivity contribution in [2.75, 3.05) is 13.1 Å².